The highest BCUT2D eigenvalue weighted by molar-refractivity contribution is 9.10. The summed E-state index contributed by atoms with van der Waals surface area (Å²) in [5.41, 5.74) is 5.54. The van der Waals surface area contributed by atoms with E-state index in [4.69, 9.17) is 0 Å². The average Bonchev–Trinajstić information content (AvgIpc) is 3.08. The fraction of sp³-hybridized carbons (Fsp3) is 0.0556. The van der Waals surface area contributed by atoms with Crippen LogP contribution in [0.3, 0.4) is 0 Å². The van der Waals surface area contributed by atoms with E-state index < -0.39 is 0 Å². The van der Waals surface area contributed by atoms with Crippen LogP contribution < -0.4 is 10.7 Å². The topological polar surface area (TPSA) is 66.4 Å². The van der Waals surface area contributed by atoms with Crippen molar-refractivity contribution in [2.45, 2.75) is 0 Å². The summed E-state index contributed by atoms with van der Waals surface area (Å²) in [5.74, 6) is -0.194. The van der Waals surface area contributed by atoms with Crippen molar-refractivity contribution >= 4 is 44.5 Å². The molecule has 0 unspecified atom stereocenters. The Morgan fingerprint density at radius 1 is 1.20 bits per heavy atom. The van der Waals surface area contributed by atoms with Crippen molar-refractivity contribution in [3.05, 3.63) is 70.0 Å². The SMILES string of the molecule is O=C(CN/N=C/c1cccc(Br)c1)Nc1nc(-c2ccccc2)cs1. The summed E-state index contributed by atoms with van der Waals surface area (Å²) >= 11 is 4.79. The van der Waals surface area contributed by atoms with Gasteiger partial charge in [-0.15, -0.1) is 11.3 Å². The Hall–Kier alpha value is -2.51. The molecule has 1 aromatic heterocycles. The highest BCUT2D eigenvalue weighted by Gasteiger charge is 2.07. The van der Waals surface area contributed by atoms with Crippen molar-refractivity contribution in [2.75, 3.05) is 11.9 Å². The molecule has 1 heterocycles. The highest BCUT2D eigenvalue weighted by atomic mass is 79.9. The van der Waals surface area contributed by atoms with Gasteiger partial charge in [0.2, 0.25) is 5.91 Å². The fourth-order valence-corrected chi connectivity index (χ4v) is 3.21. The Balaban J connectivity index is 1.49. The molecule has 0 atom stereocenters. The van der Waals surface area contributed by atoms with Crippen molar-refractivity contribution in [3.8, 4) is 11.3 Å². The van der Waals surface area contributed by atoms with Crippen LogP contribution in [0.15, 0.2) is 69.6 Å². The van der Waals surface area contributed by atoms with Gasteiger partial charge in [0.15, 0.2) is 5.13 Å². The molecular weight excluding hydrogens is 400 g/mol. The van der Waals surface area contributed by atoms with Crippen LogP contribution in [0.25, 0.3) is 11.3 Å². The third-order valence-corrected chi connectivity index (χ3v) is 4.46. The predicted molar refractivity (Wildman–Crippen MR) is 106 cm³/mol. The van der Waals surface area contributed by atoms with Crippen molar-refractivity contribution < 1.29 is 4.79 Å². The fourth-order valence-electron chi connectivity index (χ4n) is 2.06. The minimum Gasteiger partial charge on any atom is -0.301 e. The maximum atomic E-state index is 11.9. The normalized spacial score (nSPS) is 10.8. The molecule has 126 valence electrons. The number of thiazole rings is 1. The van der Waals surface area contributed by atoms with Gasteiger partial charge in [0, 0.05) is 15.4 Å². The Morgan fingerprint density at radius 3 is 2.84 bits per heavy atom. The van der Waals surface area contributed by atoms with E-state index in [9.17, 15) is 4.79 Å². The van der Waals surface area contributed by atoms with E-state index in [0.29, 0.717) is 5.13 Å². The molecule has 3 rings (SSSR count). The quantitative estimate of drug-likeness (QED) is 0.470. The number of nitrogens with one attached hydrogen (secondary N) is 2. The minimum atomic E-state index is -0.194. The van der Waals surface area contributed by atoms with Crippen molar-refractivity contribution in [1.29, 1.82) is 0 Å². The number of nitrogens with zero attached hydrogens (tertiary/aromatic N) is 2. The van der Waals surface area contributed by atoms with E-state index in [-0.39, 0.29) is 12.5 Å². The summed E-state index contributed by atoms with van der Waals surface area (Å²) in [6, 6.07) is 17.6. The molecule has 0 fully saturated rings. The van der Waals surface area contributed by atoms with Gasteiger partial charge in [-0.3, -0.25) is 4.79 Å². The van der Waals surface area contributed by atoms with Crippen LogP contribution in [-0.4, -0.2) is 23.7 Å². The lowest BCUT2D eigenvalue weighted by Gasteiger charge is -2.01. The molecule has 5 nitrogen and oxygen atoms in total. The number of amides is 1. The Morgan fingerprint density at radius 2 is 2.04 bits per heavy atom. The molecular formula is C18H15BrN4OS. The third kappa shape index (κ3) is 5.23. The molecule has 0 spiro atoms. The second kappa shape index (κ2) is 8.55. The molecule has 1 amide bonds. The van der Waals surface area contributed by atoms with E-state index in [1.54, 1.807) is 6.21 Å². The lowest BCUT2D eigenvalue weighted by atomic mass is 10.2. The lowest BCUT2D eigenvalue weighted by molar-refractivity contribution is -0.115. The Bertz CT molecular complexity index is 880. The van der Waals surface area contributed by atoms with Crippen molar-refractivity contribution in [1.82, 2.24) is 10.4 Å². The third-order valence-electron chi connectivity index (χ3n) is 3.21. The van der Waals surface area contributed by atoms with E-state index in [1.807, 2.05) is 60.0 Å². The molecule has 25 heavy (non-hydrogen) atoms. The van der Waals surface area contributed by atoms with E-state index in [1.165, 1.54) is 11.3 Å². The largest absolute Gasteiger partial charge is 0.301 e. The number of halogens is 1. The van der Waals surface area contributed by atoms with Gasteiger partial charge < -0.3 is 10.7 Å². The first-order chi connectivity index (χ1) is 12.2. The maximum absolute atomic E-state index is 11.9. The second-order valence-corrected chi connectivity index (χ2v) is 6.87. The van der Waals surface area contributed by atoms with Crippen LogP contribution >= 0.6 is 27.3 Å². The Labute approximate surface area is 157 Å². The molecule has 7 heteroatoms. The van der Waals surface area contributed by atoms with Gasteiger partial charge in [0.05, 0.1) is 11.9 Å². The zero-order valence-corrected chi connectivity index (χ0v) is 15.5. The van der Waals surface area contributed by atoms with Crippen LogP contribution in [0.1, 0.15) is 5.56 Å². The van der Waals surface area contributed by atoms with Crippen LogP contribution in [-0.2, 0) is 4.79 Å². The predicted octanol–water partition coefficient (Wildman–Crippen LogP) is 4.13. The van der Waals surface area contributed by atoms with E-state index in [0.717, 1.165) is 21.3 Å². The highest BCUT2D eigenvalue weighted by Crippen LogP contribution is 2.24. The number of carbonyl (C=O) groups excluding carboxylic acids is 1. The molecule has 2 aromatic carbocycles. The Kier molecular flexibility index (Phi) is 5.92. The molecule has 2 N–H and O–H groups in total. The molecule has 0 bridgehead atoms. The van der Waals surface area contributed by atoms with Gasteiger partial charge in [-0.1, -0.05) is 58.4 Å². The number of hydrogen-bond donors (Lipinski definition) is 2. The molecule has 0 radical (unpaired) electrons. The monoisotopic (exact) mass is 414 g/mol. The summed E-state index contributed by atoms with van der Waals surface area (Å²) in [6.07, 6.45) is 1.66. The molecule has 0 saturated carbocycles. The summed E-state index contributed by atoms with van der Waals surface area (Å²) in [5, 5.41) is 9.30. The summed E-state index contributed by atoms with van der Waals surface area (Å²) in [6.45, 7) is 0.0742. The minimum absolute atomic E-state index is 0.0742. The van der Waals surface area contributed by atoms with Crippen LogP contribution in [0.2, 0.25) is 0 Å². The van der Waals surface area contributed by atoms with Crippen molar-refractivity contribution in [2.24, 2.45) is 5.10 Å². The number of aromatic nitrogens is 1. The van der Waals surface area contributed by atoms with E-state index in [2.05, 4.69) is 36.8 Å². The summed E-state index contributed by atoms with van der Waals surface area (Å²) in [7, 11) is 0. The van der Waals surface area contributed by atoms with Gasteiger partial charge >= 0.3 is 0 Å². The first-order valence-electron chi connectivity index (χ1n) is 7.53. The van der Waals surface area contributed by atoms with Gasteiger partial charge in [-0.2, -0.15) is 5.10 Å². The zero-order valence-electron chi connectivity index (χ0n) is 13.1. The lowest BCUT2D eigenvalue weighted by Crippen LogP contribution is -2.24. The molecule has 0 aliphatic rings. The van der Waals surface area contributed by atoms with Gasteiger partial charge in [0.1, 0.15) is 6.54 Å². The van der Waals surface area contributed by atoms with Gasteiger partial charge in [-0.05, 0) is 17.7 Å². The number of hydrogen-bond acceptors (Lipinski definition) is 5. The van der Waals surface area contributed by atoms with Gasteiger partial charge in [-0.25, -0.2) is 4.98 Å². The van der Waals surface area contributed by atoms with E-state index >= 15 is 0 Å². The number of hydrazone groups is 1. The van der Waals surface area contributed by atoms with Crippen LogP contribution in [0.5, 0.6) is 0 Å². The molecule has 0 aliphatic heterocycles. The molecule has 0 saturated heterocycles. The van der Waals surface area contributed by atoms with Crippen LogP contribution in [0, 0.1) is 0 Å². The van der Waals surface area contributed by atoms with Crippen LogP contribution in [0.4, 0.5) is 5.13 Å². The standard InChI is InChI=1S/C18H15BrN4OS/c19-15-8-4-5-13(9-15)10-20-21-11-17(24)23-18-22-16(12-25-18)14-6-2-1-3-7-14/h1-10,12,21H,11H2,(H,22,23,24)/b20-10+. The second-order valence-electron chi connectivity index (χ2n) is 5.10. The number of carbonyl (C=O) groups is 1. The number of anilines is 1. The first kappa shape index (κ1) is 17.3. The van der Waals surface area contributed by atoms with Gasteiger partial charge in [0.25, 0.3) is 0 Å². The number of rotatable bonds is 6. The smallest absolute Gasteiger partial charge is 0.247 e. The zero-order chi connectivity index (χ0) is 17.5. The maximum Gasteiger partial charge on any atom is 0.247 e. The molecule has 0 aliphatic carbocycles. The molecule has 3 aromatic rings. The van der Waals surface area contributed by atoms with Crippen molar-refractivity contribution in [3.63, 3.8) is 0 Å². The average molecular weight is 415 g/mol. The number of benzene rings is 2. The summed E-state index contributed by atoms with van der Waals surface area (Å²) < 4.78 is 0.979. The first-order valence-corrected chi connectivity index (χ1v) is 9.20. The summed E-state index contributed by atoms with van der Waals surface area (Å²) in [4.78, 5) is 16.4.